The normalized spacial score (nSPS) is 28.4. The highest BCUT2D eigenvalue weighted by Gasteiger charge is 2.41. The topological polar surface area (TPSA) is 35.8 Å². The van der Waals surface area contributed by atoms with Gasteiger partial charge in [-0.2, -0.15) is 18.4 Å². The van der Waals surface area contributed by atoms with Gasteiger partial charge in [0.05, 0.1) is 17.9 Å². The molecule has 1 saturated carbocycles. The van der Waals surface area contributed by atoms with Crippen molar-refractivity contribution in [2.45, 2.75) is 44.8 Å². The van der Waals surface area contributed by atoms with Gasteiger partial charge in [-0.15, -0.1) is 0 Å². The Labute approximate surface area is 93.8 Å². The molecule has 0 aromatic heterocycles. The molecule has 0 aromatic rings. The van der Waals surface area contributed by atoms with Crippen molar-refractivity contribution in [2.24, 2.45) is 11.8 Å². The monoisotopic (exact) mass is 234 g/mol. The number of alkyl halides is 3. The molecule has 0 aromatic carbocycles. The smallest absolute Gasteiger partial charge is 0.313 e. The maximum absolute atomic E-state index is 12.4. The molecule has 0 heterocycles. The highest BCUT2D eigenvalue weighted by molar-refractivity contribution is 4.84. The number of hydrogen-bond acceptors (Lipinski definition) is 2. The van der Waals surface area contributed by atoms with Crippen LogP contribution in [0.15, 0.2) is 0 Å². The summed E-state index contributed by atoms with van der Waals surface area (Å²) in [6.07, 6.45) is -2.50. The van der Waals surface area contributed by atoms with E-state index in [2.05, 4.69) is 11.4 Å². The highest BCUT2D eigenvalue weighted by Crippen LogP contribution is 2.37. The van der Waals surface area contributed by atoms with Crippen molar-refractivity contribution in [3.05, 3.63) is 0 Å². The molecule has 1 rings (SSSR count). The predicted molar refractivity (Wildman–Crippen MR) is 54.6 cm³/mol. The molecular formula is C11H17F3N2. The van der Waals surface area contributed by atoms with Gasteiger partial charge in [0.1, 0.15) is 0 Å². The van der Waals surface area contributed by atoms with Crippen molar-refractivity contribution in [2.75, 3.05) is 6.54 Å². The minimum absolute atomic E-state index is 0.0830. The van der Waals surface area contributed by atoms with E-state index in [1.165, 1.54) is 0 Å². The summed E-state index contributed by atoms with van der Waals surface area (Å²) in [5.74, 6) is -1.21. The first kappa shape index (κ1) is 13.3. The maximum Gasteiger partial charge on any atom is 0.391 e. The second-order valence-corrected chi connectivity index (χ2v) is 4.53. The molecule has 0 amide bonds. The van der Waals surface area contributed by atoms with Crippen molar-refractivity contribution < 1.29 is 13.2 Å². The fraction of sp³-hybridized carbons (Fsp3) is 0.909. The van der Waals surface area contributed by atoms with Gasteiger partial charge >= 0.3 is 6.18 Å². The Morgan fingerprint density at radius 2 is 1.88 bits per heavy atom. The number of nitriles is 1. The Hall–Kier alpha value is -0.760. The molecule has 1 fully saturated rings. The van der Waals surface area contributed by atoms with Crippen molar-refractivity contribution >= 4 is 0 Å². The second-order valence-electron chi connectivity index (χ2n) is 4.53. The van der Waals surface area contributed by atoms with E-state index in [0.717, 1.165) is 0 Å². The molecule has 1 N–H and O–H groups in total. The fourth-order valence-electron chi connectivity index (χ4n) is 2.01. The molecule has 2 nitrogen and oxygen atoms in total. The van der Waals surface area contributed by atoms with Crippen LogP contribution in [-0.2, 0) is 0 Å². The van der Waals surface area contributed by atoms with Gasteiger partial charge < -0.3 is 5.32 Å². The average molecular weight is 234 g/mol. The molecule has 1 aliphatic carbocycles. The molecule has 0 aliphatic heterocycles. The van der Waals surface area contributed by atoms with E-state index in [0.29, 0.717) is 19.4 Å². The van der Waals surface area contributed by atoms with Crippen LogP contribution in [-0.4, -0.2) is 18.8 Å². The lowest BCUT2D eigenvalue weighted by atomic mass is 9.85. The van der Waals surface area contributed by atoms with Gasteiger partial charge in [0.25, 0.3) is 0 Å². The summed E-state index contributed by atoms with van der Waals surface area (Å²) in [4.78, 5) is 0. The molecule has 5 heteroatoms. The minimum Gasteiger partial charge on any atom is -0.313 e. The third kappa shape index (κ3) is 4.01. The highest BCUT2D eigenvalue weighted by atomic mass is 19.4. The van der Waals surface area contributed by atoms with E-state index in [1.54, 1.807) is 6.92 Å². The van der Waals surface area contributed by atoms with E-state index in [-0.39, 0.29) is 24.8 Å². The van der Waals surface area contributed by atoms with Crippen LogP contribution in [0.1, 0.15) is 32.6 Å². The van der Waals surface area contributed by atoms with Gasteiger partial charge in [0.15, 0.2) is 0 Å². The second kappa shape index (κ2) is 5.53. The van der Waals surface area contributed by atoms with E-state index in [4.69, 9.17) is 5.26 Å². The Balaban J connectivity index is 2.25. The van der Waals surface area contributed by atoms with Gasteiger partial charge in [-0.25, -0.2) is 0 Å². The van der Waals surface area contributed by atoms with Crippen LogP contribution < -0.4 is 5.32 Å². The standard InChI is InChI=1S/C11H17F3N2/c1-8(6-15)7-16-10-4-2-9(3-5-10)11(12,13)14/h8-10,16H,2-5,7H2,1H3. The molecule has 92 valence electrons. The van der Waals surface area contributed by atoms with Gasteiger partial charge in [-0.1, -0.05) is 0 Å². The molecule has 1 aliphatic rings. The van der Waals surface area contributed by atoms with Crippen LogP contribution in [0.25, 0.3) is 0 Å². The quantitative estimate of drug-likeness (QED) is 0.815. The lowest BCUT2D eigenvalue weighted by molar-refractivity contribution is -0.182. The van der Waals surface area contributed by atoms with Crippen LogP contribution >= 0.6 is 0 Å². The molecule has 1 atom stereocenters. The lowest BCUT2D eigenvalue weighted by Crippen LogP contribution is -2.38. The van der Waals surface area contributed by atoms with Gasteiger partial charge in [-0.05, 0) is 32.6 Å². The number of hydrogen-bond donors (Lipinski definition) is 1. The van der Waals surface area contributed by atoms with E-state index >= 15 is 0 Å². The minimum atomic E-state index is -4.04. The maximum atomic E-state index is 12.4. The largest absolute Gasteiger partial charge is 0.391 e. The Morgan fingerprint density at radius 1 is 1.31 bits per heavy atom. The third-order valence-electron chi connectivity index (χ3n) is 3.12. The van der Waals surface area contributed by atoms with Crippen LogP contribution in [0.4, 0.5) is 13.2 Å². The van der Waals surface area contributed by atoms with Crippen LogP contribution in [0.5, 0.6) is 0 Å². The molecule has 1 unspecified atom stereocenters. The number of rotatable bonds is 3. The van der Waals surface area contributed by atoms with E-state index in [9.17, 15) is 13.2 Å². The van der Waals surface area contributed by atoms with Crippen molar-refractivity contribution in [1.29, 1.82) is 5.26 Å². The Bertz CT molecular complexity index is 249. The first-order valence-electron chi connectivity index (χ1n) is 5.63. The summed E-state index contributed by atoms with van der Waals surface area (Å²) in [6.45, 7) is 2.37. The van der Waals surface area contributed by atoms with Gasteiger partial charge in [0.2, 0.25) is 0 Å². The van der Waals surface area contributed by atoms with Gasteiger partial charge in [0, 0.05) is 12.6 Å². The summed E-state index contributed by atoms with van der Waals surface area (Å²) in [6, 6.07) is 2.24. The Morgan fingerprint density at radius 3 is 2.31 bits per heavy atom. The summed E-state index contributed by atoms with van der Waals surface area (Å²) in [5.41, 5.74) is 0. The summed E-state index contributed by atoms with van der Waals surface area (Å²) in [5, 5.41) is 11.7. The van der Waals surface area contributed by atoms with Crippen LogP contribution in [0.2, 0.25) is 0 Å². The molecule has 0 spiro atoms. The molecule has 16 heavy (non-hydrogen) atoms. The number of nitrogens with one attached hydrogen (secondary N) is 1. The zero-order chi connectivity index (χ0) is 12.2. The molecular weight excluding hydrogens is 217 g/mol. The van der Waals surface area contributed by atoms with Crippen molar-refractivity contribution in [3.8, 4) is 6.07 Å². The fourth-order valence-corrected chi connectivity index (χ4v) is 2.01. The zero-order valence-corrected chi connectivity index (χ0v) is 9.35. The van der Waals surface area contributed by atoms with Crippen molar-refractivity contribution in [1.82, 2.24) is 5.32 Å². The molecule has 0 bridgehead atoms. The third-order valence-corrected chi connectivity index (χ3v) is 3.12. The summed E-state index contributed by atoms with van der Waals surface area (Å²) < 4.78 is 37.1. The zero-order valence-electron chi connectivity index (χ0n) is 9.35. The lowest BCUT2D eigenvalue weighted by Gasteiger charge is -2.30. The molecule has 0 saturated heterocycles. The molecule has 0 radical (unpaired) electrons. The summed E-state index contributed by atoms with van der Waals surface area (Å²) in [7, 11) is 0. The first-order chi connectivity index (χ1) is 7.43. The SMILES string of the molecule is CC(C#N)CNC1CCC(C(F)(F)F)CC1. The number of halogens is 3. The van der Waals surface area contributed by atoms with Crippen molar-refractivity contribution in [3.63, 3.8) is 0 Å². The van der Waals surface area contributed by atoms with Gasteiger partial charge in [-0.3, -0.25) is 0 Å². The summed E-state index contributed by atoms with van der Waals surface area (Å²) >= 11 is 0. The van der Waals surface area contributed by atoms with E-state index in [1.807, 2.05) is 0 Å². The van der Waals surface area contributed by atoms with Crippen LogP contribution in [0, 0.1) is 23.2 Å². The van der Waals surface area contributed by atoms with Crippen LogP contribution in [0.3, 0.4) is 0 Å². The first-order valence-corrected chi connectivity index (χ1v) is 5.63. The predicted octanol–water partition coefficient (Wildman–Crippen LogP) is 2.86. The Kier molecular flexibility index (Phi) is 4.60. The van der Waals surface area contributed by atoms with E-state index < -0.39 is 12.1 Å². The number of nitrogens with zero attached hydrogens (tertiary/aromatic N) is 1. The average Bonchev–Trinajstić information content (AvgIpc) is 2.25.